The van der Waals surface area contributed by atoms with Crippen molar-refractivity contribution in [3.8, 4) is 11.3 Å². The first-order valence-electron chi connectivity index (χ1n) is 12.1. The SMILES string of the molecule is Cn1c(-c2ccccc2)c(C(=O)COC(=O)CCN2C(=O)[C@H]3CCCC[C@H]3C2=O)c2ccccc21. The monoisotopic (exact) mass is 472 g/mol. The molecule has 0 spiro atoms. The summed E-state index contributed by atoms with van der Waals surface area (Å²) in [4.78, 5) is 52.2. The smallest absolute Gasteiger partial charge is 0.308 e. The quantitative estimate of drug-likeness (QED) is 0.293. The lowest BCUT2D eigenvalue weighted by Crippen LogP contribution is -2.33. The van der Waals surface area contributed by atoms with Crippen LogP contribution in [0.1, 0.15) is 42.5 Å². The molecule has 1 saturated carbocycles. The van der Waals surface area contributed by atoms with Crippen molar-refractivity contribution in [3.63, 3.8) is 0 Å². The summed E-state index contributed by atoms with van der Waals surface area (Å²) in [5.41, 5.74) is 3.08. The number of para-hydroxylation sites is 1. The fourth-order valence-corrected chi connectivity index (χ4v) is 5.55. The number of benzene rings is 2. The molecular formula is C28H28N2O5. The van der Waals surface area contributed by atoms with Gasteiger partial charge in [0.15, 0.2) is 6.61 Å². The number of imide groups is 1. The molecule has 2 aliphatic rings. The molecule has 2 fully saturated rings. The molecule has 180 valence electrons. The molecule has 2 heterocycles. The van der Waals surface area contributed by atoms with Gasteiger partial charge in [-0.1, -0.05) is 61.4 Å². The first-order valence-corrected chi connectivity index (χ1v) is 12.1. The van der Waals surface area contributed by atoms with E-state index in [-0.39, 0.29) is 42.4 Å². The van der Waals surface area contributed by atoms with Crippen molar-refractivity contribution in [1.29, 1.82) is 0 Å². The van der Waals surface area contributed by atoms with Gasteiger partial charge in [-0.2, -0.15) is 0 Å². The van der Waals surface area contributed by atoms with Crippen LogP contribution in [0.4, 0.5) is 0 Å². The molecule has 3 aromatic rings. The van der Waals surface area contributed by atoms with E-state index in [1.807, 2.05) is 66.2 Å². The molecule has 2 amide bonds. The predicted octanol–water partition coefficient (Wildman–Crippen LogP) is 4.14. The second-order valence-corrected chi connectivity index (χ2v) is 9.33. The molecule has 7 heteroatoms. The Morgan fingerprint density at radius 1 is 0.914 bits per heavy atom. The van der Waals surface area contributed by atoms with Crippen LogP contribution in [0.2, 0.25) is 0 Å². The van der Waals surface area contributed by atoms with Gasteiger partial charge in [0.25, 0.3) is 0 Å². The summed E-state index contributed by atoms with van der Waals surface area (Å²) >= 11 is 0. The maximum absolute atomic E-state index is 13.3. The summed E-state index contributed by atoms with van der Waals surface area (Å²) in [5, 5.41) is 0.797. The largest absolute Gasteiger partial charge is 0.457 e. The van der Waals surface area contributed by atoms with Gasteiger partial charge in [-0.3, -0.25) is 24.1 Å². The van der Waals surface area contributed by atoms with Crippen molar-refractivity contribution in [2.75, 3.05) is 13.2 Å². The Morgan fingerprint density at radius 2 is 1.54 bits per heavy atom. The van der Waals surface area contributed by atoms with E-state index in [9.17, 15) is 19.2 Å². The molecule has 2 aromatic carbocycles. The summed E-state index contributed by atoms with van der Waals surface area (Å²) < 4.78 is 7.29. The number of amides is 2. The molecule has 1 aromatic heterocycles. The van der Waals surface area contributed by atoms with E-state index in [0.717, 1.165) is 47.8 Å². The van der Waals surface area contributed by atoms with Crippen LogP contribution < -0.4 is 0 Å². The zero-order valence-electron chi connectivity index (χ0n) is 19.7. The molecular weight excluding hydrogens is 444 g/mol. The second kappa shape index (κ2) is 9.49. The number of aryl methyl sites for hydroxylation is 1. The Balaban J connectivity index is 1.28. The van der Waals surface area contributed by atoms with Crippen LogP contribution in [0.25, 0.3) is 22.2 Å². The fraction of sp³-hybridized carbons (Fsp3) is 0.357. The van der Waals surface area contributed by atoms with Gasteiger partial charge in [-0.05, 0) is 24.5 Å². The van der Waals surface area contributed by atoms with Gasteiger partial charge in [0.05, 0.1) is 29.5 Å². The minimum absolute atomic E-state index is 0.00121. The van der Waals surface area contributed by atoms with Crippen molar-refractivity contribution in [2.45, 2.75) is 32.1 Å². The highest BCUT2D eigenvalue weighted by molar-refractivity contribution is 6.14. The summed E-state index contributed by atoms with van der Waals surface area (Å²) in [5.74, 6) is -1.73. The van der Waals surface area contributed by atoms with Crippen LogP contribution in [0.5, 0.6) is 0 Å². The molecule has 5 rings (SSSR count). The summed E-state index contributed by atoms with van der Waals surface area (Å²) in [6, 6.07) is 17.3. The number of nitrogens with zero attached hydrogens (tertiary/aromatic N) is 2. The maximum Gasteiger partial charge on any atom is 0.308 e. The lowest BCUT2D eigenvalue weighted by atomic mass is 9.81. The average molecular weight is 473 g/mol. The Morgan fingerprint density at radius 3 is 2.23 bits per heavy atom. The number of carbonyl (C=O) groups excluding carboxylic acids is 4. The lowest BCUT2D eigenvalue weighted by molar-refractivity contribution is -0.145. The molecule has 0 unspecified atom stereocenters. The van der Waals surface area contributed by atoms with Gasteiger partial charge >= 0.3 is 5.97 Å². The highest BCUT2D eigenvalue weighted by Gasteiger charge is 2.47. The van der Waals surface area contributed by atoms with Crippen molar-refractivity contribution >= 4 is 34.5 Å². The number of hydrogen-bond donors (Lipinski definition) is 0. The Hall–Kier alpha value is -3.74. The van der Waals surface area contributed by atoms with Crippen LogP contribution >= 0.6 is 0 Å². The molecule has 1 aliphatic carbocycles. The third-order valence-electron chi connectivity index (χ3n) is 7.27. The number of fused-ring (bicyclic) bond motifs is 2. The van der Waals surface area contributed by atoms with Crippen LogP contribution in [-0.4, -0.2) is 46.2 Å². The minimum atomic E-state index is -0.602. The molecule has 1 saturated heterocycles. The third-order valence-corrected chi connectivity index (χ3v) is 7.27. The summed E-state index contributed by atoms with van der Waals surface area (Å²) in [6.07, 6.45) is 3.26. The highest BCUT2D eigenvalue weighted by atomic mass is 16.5. The van der Waals surface area contributed by atoms with E-state index in [1.165, 1.54) is 4.90 Å². The Kier molecular flexibility index (Phi) is 6.24. The van der Waals surface area contributed by atoms with E-state index in [2.05, 4.69) is 0 Å². The predicted molar refractivity (Wildman–Crippen MR) is 130 cm³/mol. The van der Waals surface area contributed by atoms with E-state index in [4.69, 9.17) is 4.74 Å². The van der Waals surface area contributed by atoms with Gasteiger partial charge in [0.1, 0.15) is 0 Å². The average Bonchev–Trinajstić information content (AvgIpc) is 3.32. The number of esters is 1. The molecule has 0 bridgehead atoms. The van der Waals surface area contributed by atoms with Crippen molar-refractivity contribution in [3.05, 3.63) is 60.2 Å². The zero-order chi connectivity index (χ0) is 24.5. The van der Waals surface area contributed by atoms with Gasteiger partial charge in [0, 0.05) is 24.5 Å². The fourth-order valence-electron chi connectivity index (χ4n) is 5.55. The highest BCUT2D eigenvalue weighted by Crippen LogP contribution is 2.38. The lowest BCUT2D eigenvalue weighted by Gasteiger charge is -2.19. The normalized spacial score (nSPS) is 19.7. The topological polar surface area (TPSA) is 85.7 Å². The first kappa shape index (κ1) is 23.0. The number of likely N-dealkylation sites (tertiary alicyclic amines) is 1. The standard InChI is InChI=1S/C28H28N2O5/c1-29-22-14-8-7-13-21(22)25(26(29)18-9-3-2-4-10-18)23(31)17-35-24(32)15-16-30-27(33)19-11-5-6-12-20(19)28(30)34/h2-4,7-10,13-14,19-20H,5-6,11-12,15-17H2,1H3/t19-,20+. The maximum atomic E-state index is 13.3. The number of hydrogen-bond acceptors (Lipinski definition) is 5. The van der Waals surface area contributed by atoms with Gasteiger partial charge < -0.3 is 9.30 Å². The van der Waals surface area contributed by atoms with Gasteiger partial charge in [-0.25, -0.2) is 0 Å². The van der Waals surface area contributed by atoms with Crippen LogP contribution in [0, 0.1) is 11.8 Å². The number of ketones is 1. The number of Topliss-reactive ketones (excluding diaryl/α,β-unsaturated/α-hetero) is 1. The van der Waals surface area contributed by atoms with Gasteiger partial charge in [0.2, 0.25) is 17.6 Å². The number of carbonyl (C=O) groups is 4. The van der Waals surface area contributed by atoms with Crippen LogP contribution in [-0.2, 0) is 26.2 Å². The minimum Gasteiger partial charge on any atom is -0.457 e. The van der Waals surface area contributed by atoms with Crippen LogP contribution in [0.3, 0.4) is 0 Å². The molecule has 0 N–H and O–H groups in total. The number of ether oxygens (including phenoxy) is 1. The molecule has 2 atom stereocenters. The third kappa shape index (κ3) is 4.16. The molecule has 7 nitrogen and oxygen atoms in total. The number of rotatable bonds is 7. The van der Waals surface area contributed by atoms with E-state index in [1.54, 1.807) is 0 Å². The zero-order valence-corrected chi connectivity index (χ0v) is 19.7. The van der Waals surface area contributed by atoms with Gasteiger partial charge in [-0.15, -0.1) is 0 Å². The van der Waals surface area contributed by atoms with E-state index >= 15 is 0 Å². The van der Waals surface area contributed by atoms with E-state index in [0.29, 0.717) is 5.56 Å². The second-order valence-electron chi connectivity index (χ2n) is 9.33. The summed E-state index contributed by atoms with van der Waals surface area (Å²) in [7, 11) is 1.91. The first-order chi connectivity index (χ1) is 17.0. The number of aromatic nitrogens is 1. The van der Waals surface area contributed by atoms with Crippen molar-refractivity contribution < 1.29 is 23.9 Å². The summed E-state index contributed by atoms with van der Waals surface area (Å²) in [6.45, 7) is -0.402. The Labute approximate surface area is 203 Å². The molecule has 1 aliphatic heterocycles. The molecule has 35 heavy (non-hydrogen) atoms. The van der Waals surface area contributed by atoms with Crippen molar-refractivity contribution in [2.24, 2.45) is 18.9 Å². The Bertz CT molecular complexity index is 1290. The van der Waals surface area contributed by atoms with E-state index < -0.39 is 12.6 Å². The van der Waals surface area contributed by atoms with Crippen molar-refractivity contribution in [1.82, 2.24) is 9.47 Å². The molecule has 0 radical (unpaired) electrons. The van der Waals surface area contributed by atoms with Crippen LogP contribution in [0.15, 0.2) is 54.6 Å².